The summed E-state index contributed by atoms with van der Waals surface area (Å²) >= 11 is 0. The molecule has 1 aromatic rings. The summed E-state index contributed by atoms with van der Waals surface area (Å²) in [6, 6.07) is 2.92. The fourth-order valence-corrected chi connectivity index (χ4v) is 0.786. The smallest absolute Gasteiger partial charge is 0.449 e. The maximum Gasteiger partial charge on any atom is 1.00 e. The summed E-state index contributed by atoms with van der Waals surface area (Å²) in [7, 11) is 0. The molecule has 6 heteroatoms. The van der Waals surface area contributed by atoms with E-state index in [9.17, 15) is 12.9 Å². The van der Waals surface area contributed by atoms with Crippen LogP contribution in [0, 0.1) is 0 Å². The molecule has 0 N–H and O–H groups in total. The molecule has 1 nitrogen and oxygen atoms in total. The molecular weight excluding hydrogens is 193 g/mol. The minimum Gasteiger partial charge on any atom is -0.449 e. The molecule has 1 aromatic heterocycles. The SMILES string of the molecule is F[B-](F)(F)Cc1cccnc1.[K+]. The summed E-state index contributed by atoms with van der Waals surface area (Å²) in [5, 5.41) is 0. The van der Waals surface area contributed by atoms with Gasteiger partial charge in [-0.25, -0.2) is 0 Å². The molecule has 0 bridgehead atoms. The fourth-order valence-electron chi connectivity index (χ4n) is 0.786. The Morgan fingerprint density at radius 2 is 2.00 bits per heavy atom. The summed E-state index contributed by atoms with van der Waals surface area (Å²) in [6.45, 7) is -4.72. The molecular formula is C6H6BF3KN. The Hall–Kier alpha value is 0.641. The largest absolute Gasteiger partial charge is 1.00 e. The molecule has 0 amide bonds. The van der Waals surface area contributed by atoms with Gasteiger partial charge in [0.25, 0.3) is 0 Å². The average Bonchev–Trinajstić information content (AvgIpc) is 1.85. The van der Waals surface area contributed by atoms with Crippen molar-refractivity contribution in [1.82, 2.24) is 4.98 Å². The summed E-state index contributed by atoms with van der Waals surface area (Å²) in [5.74, 6) is 0. The van der Waals surface area contributed by atoms with Gasteiger partial charge in [0.05, 0.1) is 0 Å². The van der Waals surface area contributed by atoms with Gasteiger partial charge in [0.2, 0.25) is 0 Å². The maximum atomic E-state index is 11.8. The van der Waals surface area contributed by atoms with Gasteiger partial charge in [-0.15, -0.1) is 0 Å². The van der Waals surface area contributed by atoms with Crippen molar-refractivity contribution in [3.63, 3.8) is 0 Å². The summed E-state index contributed by atoms with van der Waals surface area (Å²) < 4.78 is 35.3. The molecule has 0 saturated heterocycles. The Bertz CT molecular complexity index is 226. The van der Waals surface area contributed by atoms with Gasteiger partial charge >= 0.3 is 58.4 Å². The van der Waals surface area contributed by atoms with Crippen LogP contribution in [0.5, 0.6) is 0 Å². The third-order valence-electron chi connectivity index (χ3n) is 1.19. The van der Waals surface area contributed by atoms with Crippen LogP contribution in [0.2, 0.25) is 0 Å². The first kappa shape index (κ1) is 12.6. The molecule has 0 aliphatic carbocycles. The zero-order valence-electron chi connectivity index (χ0n) is 6.67. The molecule has 1 heterocycles. The van der Waals surface area contributed by atoms with E-state index in [4.69, 9.17) is 0 Å². The normalized spacial score (nSPS) is 10.6. The molecule has 1 rings (SSSR count). The van der Waals surface area contributed by atoms with E-state index >= 15 is 0 Å². The summed E-state index contributed by atoms with van der Waals surface area (Å²) in [6.07, 6.45) is 1.84. The monoisotopic (exact) mass is 199 g/mol. The first-order valence-corrected chi connectivity index (χ1v) is 3.18. The third kappa shape index (κ3) is 5.32. The van der Waals surface area contributed by atoms with Crippen LogP contribution >= 0.6 is 0 Å². The molecule has 0 atom stereocenters. The van der Waals surface area contributed by atoms with Crippen molar-refractivity contribution in [3.8, 4) is 0 Å². The van der Waals surface area contributed by atoms with Crippen molar-refractivity contribution in [2.45, 2.75) is 6.32 Å². The Morgan fingerprint density at radius 1 is 1.33 bits per heavy atom. The molecule has 0 unspecified atom stereocenters. The number of pyridine rings is 1. The second kappa shape index (κ2) is 5.39. The van der Waals surface area contributed by atoms with Crippen LogP contribution in [0.4, 0.5) is 12.9 Å². The Labute approximate surface area is 111 Å². The zero-order valence-corrected chi connectivity index (χ0v) is 9.80. The third-order valence-corrected chi connectivity index (χ3v) is 1.19. The minimum absolute atomic E-state index is 0. The van der Waals surface area contributed by atoms with Crippen LogP contribution in [-0.2, 0) is 6.32 Å². The van der Waals surface area contributed by atoms with Crippen LogP contribution in [-0.4, -0.2) is 12.0 Å². The molecule has 0 aliphatic heterocycles. The number of nitrogens with zero attached hydrogens (tertiary/aromatic N) is 1. The van der Waals surface area contributed by atoms with Crippen molar-refractivity contribution >= 4 is 6.98 Å². The molecule has 0 spiro atoms. The molecule has 0 saturated carbocycles. The van der Waals surface area contributed by atoms with Gasteiger partial charge in [-0.3, -0.25) is 4.98 Å². The van der Waals surface area contributed by atoms with Gasteiger partial charge < -0.3 is 12.9 Å². The first-order valence-electron chi connectivity index (χ1n) is 3.18. The number of rotatable bonds is 2. The molecule has 60 valence electrons. The maximum absolute atomic E-state index is 11.8. The van der Waals surface area contributed by atoms with E-state index in [0.29, 0.717) is 0 Å². The Kier molecular flexibility index (Phi) is 5.68. The van der Waals surface area contributed by atoms with Crippen molar-refractivity contribution < 1.29 is 64.3 Å². The van der Waals surface area contributed by atoms with Crippen LogP contribution in [0.1, 0.15) is 5.56 Å². The predicted molar refractivity (Wildman–Crippen MR) is 37.0 cm³/mol. The van der Waals surface area contributed by atoms with E-state index in [0.717, 1.165) is 0 Å². The number of hydrogen-bond donors (Lipinski definition) is 0. The standard InChI is InChI=1S/C6H6BF3N.K/c8-7(9,10)4-6-2-1-3-11-5-6;/h1-3,5H,4H2;/q-1;+1. The average molecular weight is 199 g/mol. The quantitative estimate of drug-likeness (QED) is 0.557. The van der Waals surface area contributed by atoms with Gasteiger partial charge in [0.1, 0.15) is 0 Å². The van der Waals surface area contributed by atoms with Gasteiger partial charge in [-0.2, -0.15) is 0 Å². The van der Waals surface area contributed by atoms with E-state index in [1.54, 1.807) is 0 Å². The number of halogens is 3. The Morgan fingerprint density at radius 3 is 2.42 bits per heavy atom. The van der Waals surface area contributed by atoms with Gasteiger partial charge in [0.15, 0.2) is 0 Å². The van der Waals surface area contributed by atoms with Gasteiger partial charge in [0, 0.05) is 12.4 Å². The molecule has 0 aromatic carbocycles. The first-order chi connectivity index (χ1) is 5.08. The van der Waals surface area contributed by atoms with E-state index < -0.39 is 13.3 Å². The predicted octanol–water partition coefficient (Wildman–Crippen LogP) is -0.985. The topological polar surface area (TPSA) is 12.9 Å². The minimum atomic E-state index is -4.72. The zero-order chi connectivity index (χ0) is 8.32. The van der Waals surface area contributed by atoms with Crippen molar-refractivity contribution in [3.05, 3.63) is 30.1 Å². The van der Waals surface area contributed by atoms with E-state index in [1.807, 2.05) is 0 Å². The van der Waals surface area contributed by atoms with E-state index in [1.165, 1.54) is 24.5 Å². The summed E-state index contributed by atoms with van der Waals surface area (Å²) in [5.41, 5.74) is 0.222. The van der Waals surface area contributed by atoms with Crippen molar-refractivity contribution in [1.29, 1.82) is 0 Å². The number of hydrogen-bond acceptors (Lipinski definition) is 1. The van der Waals surface area contributed by atoms with Gasteiger partial charge in [-0.05, 0) is 6.07 Å². The summed E-state index contributed by atoms with van der Waals surface area (Å²) in [4.78, 5) is 3.58. The Balaban J connectivity index is 0.00000121. The van der Waals surface area contributed by atoms with Crippen LogP contribution in [0.25, 0.3) is 0 Å². The number of aromatic nitrogens is 1. The van der Waals surface area contributed by atoms with Crippen LogP contribution in [0.3, 0.4) is 0 Å². The van der Waals surface area contributed by atoms with Crippen molar-refractivity contribution in [2.24, 2.45) is 0 Å². The molecule has 0 radical (unpaired) electrons. The van der Waals surface area contributed by atoms with Crippen LogP contribution in [0.15, 0.2) is 24.5 Å². The van der Waals surface area contributed by atoms with Gasteiger partial charge in [-0.1, -0.05) is 17.9 Å². The molecule has 12 heavy (non-hydrogen) atoms. The molecule has 0 fully saturated rings. The fraction of sp³-hybridized carbons (Fsp3) is 0.167. The van der Waals surface area contributed by atoms with E-state index in [-0.39, 0.29) is 56.9 Å². The van der Waals surface area contributed by atoms with Crippen molar-refractivity contribution in [2.75, 3.05) is 0 Å². The van der Waals surface area contributed by atoms with Crippen LogP contribution < -0.4 is 51.4 Å². The second-order valence-corrected chi connectivity index (χ2v) is 2.28. The second-order valence-electron chi connectivity index (χ2n) is 2.28. The van der Waals surface area contributed by atoms with E-state index in [2.05, 4.69) is 4.98 Å². The molecule has 0 aliphatic rings.